The van der Waals surface area contributed by atoms with E-state index in [-0.39, 0.29) is 29.9 Å². The molecule has 2 N–H and O–H groups in total. The number of carbonyl (C=O) groups is 2. The monoisotopic (exact) mass is 391 g/mol. The summed E-state index contributed by atoms with van der Waals surface area (Å²) in [6.45, 7) is 0.372. The number of amides is 1. The van der Waals surface area contributed by atoms with Gasteiger partial charge in [0.2, 0.25) is 0 Å². The van der Waals surface area contributed by atoms with E-state index in [0.717, 1.165) is 5.56 Å². The fourth-order valence-electron chi connectivity index (χ4n) is 2.29. The van der Waals surface area contributed by atoms with Crippen LogP contribution in [0.25, 0.3) is 0 Å². The van der Waals surface area contributed by atoms with Crippen molar-refractivity contribution in [2.45, 2.75) is 13.0 Å². The molecule has 142 valence electrons. The van der Waals surface area contributed by atoms with Gasteiger partial charge in [0.15, 0.2) is 0 Å². The van der Waals surface area contributed by atoms with Gasteiger partial charge in [-0.1, -0.05) is 29.8 Å². The molecule has 2 aromatic carbocycles. The Balaban J connectivity index is 2.09. The van der Waals surface area contributed by atoms with Crippen LogP contribution in [0.5, 0.6) is 0 Å². The second-order valence-corrected chi connectivity index (χ2v) is 5.92. The van der Waals surface area contributed by atoms with Crippen LogP contribution in [0.2, 0.25) is 5.02 Å². The van der Waals surface area contributed by atoms with Crippen LogP contribution in [0.1, 0.15) is 22.3 Å². The maximum absolute atomic E-state index is 12.1. The number of rotatable bonds is 8. The van der Waals surface area contributed by atoms with Crippen molar-refractivity contribution in [1.82, 2.24) is 5.32 Å². The maximum Gasteiger partial charge on any atom is 0.307 e. The minimum atomic E-state index is -0.569. The van der Waals surface area contributed by atoms with E-state index in [1.807, 2.05) is 12.1 Å². The van der Waals surface area contributed by atoms with Crippen LogP contribution < -0.4 is 10.6 Å². The summed E-state index contributed by atoms with van der Waals surface area (Å²) in [6, 6.07) is 11.3. The van der Waals surface area contributed by atoms with Crippen molar-refractivity contribution in [3.63, 3.8) is 0 Å². The molecule has 0 fully saturated rings. The van der Waals surface area contributed by atoms with E-state index < -0.39 is 16.8 Å². The lowest BCUT2D eigenvalue weighted by Gasteiger charge is -2.10. The Bertz CT molecular complexity index is 857. The van der Waals surface area contributed by atoms with Crippen molar-refractivity contribution in [3.8, 4) is 0 Å². The summed E-state index contributed by atoms with van der Waals surface area (Å²) in [7, 11) is 1.25. The summed E-state index contributed by atoms with van der Waals surface area (Å²) in [5.41, 5.74) is 0.946. The number of nitrogens with one attached hydrogen (secondary N) is 2. The molecule has 0 unspecified atom stereocenters. The predicted molar refractivity (Wildman–Crippen MR) is 101 cm³/mol. The lowest BCUT2D eigenvalue weighted by Crippen LogP contribution is -2.26. The quantitative estimate of drug-likeness (QED) is 0.406. The van der Waals surface area contributed by atoms with Gasteiger partial charge in [0.05, 0.1) is 18.5 Å². The lowest BCUT2D eigenvalue weighted by atomic mass is 10.1. The number of hydrogen-bond donors (Lipinski definition) is 2. The molecule has 0 saturated heterocycles. The molecule has 0 aliphatic carbocycles. The Hall–Kier alpha value is -3.13. The number of benzene rings is 2. The first kappa shape index (κ1) is 20.2. The van der Waals surface area contributed by atoms with Crippen LogP contribution in [-0.2, 0) is 16.1 Å². The summed E-state index contributed by atoms with van der Waals surface area (Å²) >= 11 is 6.08. The van der Waals surface area contributed by atoms with Gasteiger partial charge in [-0.3, -0.25) is 19.7 Å². The van der Waals surface area contributed by atoms with E-state index in [9.17, 15) is 19.7 Å². The van der Waals surface area contributed by atoms with Crippen molar-refractivity contribution in [2.75, 3.05) is 19.0 Å². The largest absolute Gasteiger partial charge is 0.469 e. The standard InChI is InChI=1S/C18H18ClN3O5/c1-27-17(23)8-9-20-18(24)12-6-7-15(16(10-12)22(25)26)21-11-13-4-2-3-5-14(13)19/h2-7,10,21H,8-9,11H2,1H3,(H,20,24). The summed E-state index contributed by atoms with van der Waals surface area (Å²) < 4.78 is 4.48. The maximum atomic E-state index is 12.1. The summed E-state index contributed by atoms with van der Waals surface area (Å²) in [5, 5.41) is 17.4. The highest BCUT2D eigenvalue weighted by molar-refractivity contribution is 6.31. The van der Waals surface area contributed by atoms with Gasteiger partial charge >= 0.3 is 5.97 Å². The number of nitro benzene ring substituents is 1. The fraction of sp³-hybridized carbons (Fsp3) is 0.222. The molecule has 0 aliphatic rings. The van der Waals surface area contributed by atoms with E-state index >= 15 is 0 Å². The molecule has 0 saturated carbocycles. The highest BCUT2D eigenvalue weighted by Crippen LogP contribution is 2.27. The highest BCUT2D eigenvalue weighted by atomic mass is 35.5. The number of anilines is 1. The smallest absolute Gasteiger partial charge is 0.307 e. The number of methoxy groups -OCH3 is 1. The SMILES string of the molecule is COC(=O)CCNC(=O)c1ccc(NCc2ccccc2Cl)c([N+](=O)[O-])c1. The van der Waals surface area contributed by atoms with Crippen molar-refractivity contribution in [1.29, 1.82) is 0 Å². The molecule has 0 bridgehead atoms. The molecule has 2 rings (SSSR count). The average molecular weight is 392 g/mol. The molecule has 0 aromatic heterocycles. The summed E-state index contributed by atoms with van der Waals surface area (Å²) in [4.78, 5) is 33.9. The van der Waals surface area contributed by atoms with E-state index in [1.165, 1.54) is 25.3 Å². The third-order valence-electron chi connectivity index (χ3n) is 3.73. The minimum Gasteiger partial charge on any atom is -0.469 e. The Morgan fingerprint density at radius 1 is 1.22 bits per heavy atom. The molecular formula is C18H18ClN3O5. The normalized spacial score (nSPS) is 10.1. The van der Waals surface area contributed by atoms with E-state index in [4.69, 9.17) is 11.6 Å². The second-order valence-electron chi connectivity index (χ2n) is 5.52. The minimum absolute atomic E-state index is 0.0157. The van der Waals surface area contributed by atoms with Gasteiger partial charge in [-0.25, -0.2) is 0 Å². The Morgan fingerprint density at radius 2 is 1.96 bits per heavy atom. The molecule has 0 heterocycles. The van der Waals surface area contributed by atoms with Crippen molar-refractivity contribution in [3.05, 3.63) is 68.7 Å². The molecule has 8 nitrogen and oxygen atoms in total. The first-order valence-electron chi connectivity index (χ1n) is 8.03. The van der Waals surface area contributed by atoms with Crippen LogP contribution in [0.15, 0.2) is 42.5 Å². The van der Waals surface area contributed by atoms with E-state index in [1.54, 1.807) is 12.1 Å². The lowest BCUT2D eigenvalue weighted by molar-refractivity contribution is -0.384. The number of hydrogen-bond acceptors (Lipinski definition) is 6. The molecule has 0 atom stereocenters. The number of carbonyl (C=O) groups excluding carboxylic acids is 2. The van der Waals surface area contributed by atoms with E-state index in [0.29, 0.717) is 11.6 Å². The number of nitro groups is 1. The average Bonchev–Trinajstić information content (AvgIpc) is 2.66. The van der Waals surface area contributed by atoms with Crippen LogP contribution >= 0.6 is 11.6 Å². The topological polar surface area (TPSA) is 111 Å². The van der Waals surface area contributed by atoms with Gasteiger partial charge in [-0.05, 0) is 23.8 Å². The first-order valence-corrected chi connectivity index (χ1v) is 8.41. The zero-order chi connectivity index (χ0) is 19.8. The highest BCUT2D eigenvalue weighted by Gasteiger charge is 2.18. The zero-order valence-electron chi connectivity index (χ0n) is 14.5. The number of esters is 1. The van der Waals surface area contributed by atoms with Gasteiger partial charge in [-0.2, -0.15) is 0 Å². The van der Waals surface area contributed by atoms with Crippen molar-refractivity contribution in [2.24, 2.45) is 0 Å². The van der Waals surface area contributed by atoms with Crippen LogP contribution in [0.3, 0.4) is 0 Å². The number of nitrogens with zero attached hydrogens (tertiary/aromatic N) is 1. The molecule has 9 heteroatoms. The van der Waals surface area contributed by atoms with Gasteiger partial charge < -0.3 is 15.4 Å². The Kier molecular flexibility index (Phi) is 7.13. The number of halogens is 1. The van der Waals surface area contributed by atoms with Gasteiger partial charge in [-0.15, -0.1) is 0 Å². The zero-order valence-corrected chi connectivity index (χ0v) is 15.3. The molecule has 1 amide bonds. The molecule has 0 spiro atoms. The predicted octanol–water partition coefficient (Wildman–Crippen LogP) is 3.15. The molecule has 2 aromatic rings. The second kappa shape index (κ2) is 9.54. The molecular weight excluding hydrogens is 374 g/mol. The van der Waals surface area contributed by atoms with Crippen LogP contribution in [0.4, 0.5) is 11.4 Å². The number of ether oxygens (including phenoxy) is 1. The molecule has 27 heavy (non-hydrogen) atoms. The van der Waals surface area contributed by atoms with Gasteiger partial charge in [0.1, 0.15) is 5.69 Å². The summed E-state index contributed by atoms with van der Waals surface area (Å²) in [5.74, 6) is -0.972. The summed E-state index contributed by atoms with van der Waals surface area (Å²) in [6.07, 6.45) is 0.0157. The Morgan fingerprint density at radius 3 is 2.63 bits per heavy atom. The third kappa shape index (κ3) is 5.68. The Labute approximate surface area is 160 Å². The van der Waals surface area contributed by atoms with Crippen molar-refractivity contribution >= 4 is 34.9 Å². The third-order valence-corrected chi connectivity index (χ3v) is 4.09. The van der Waals surface area contributed by atoms with Gasteiger partial charge in [0.25, 0.3) is 11.6 Å². The molecule has 0 aliphatic heterocycles. The van der Waals surface area contributed by atoms with Crippen LogP contribution in [-0.4, -0.2) is 30.5 Å². The first-order chi connectivity index (χ1) is 12.9. The van der Waals surface area contributed by atoms with Crippen LogP contribution in [0, 0.1) is 10.1 Å². The van der Waals surface area contributed by atoms with E-state index in [2.05, 4.69) is 15.4 Å². The fourth-order valence-corrected chi connectivity index (χ4v) is 2.49. The van der Waals surface area contributed by atoms with Crippen molar-refractivity contribution < 1.29 is 19.2 Å². The van der Waals surface area contributed by atoms with Gasteiger partial charge in [0, 0.05) is 29.7 Å². The molecule has 0 radical (unpaired) electrons.